The van der Waals surface area contributed by atoms with E-state index in [0.29, 0.717) is 6.61 Å². The molecule has 0 spiro atoms. The van der Waals surface area contributed by atoms with Gasteiger partial charge in [0.2, 0.25) is 0 Å². The Morgan fingerprint density at radius 2 is 2.17 bits per heavy atom. The van der Waals surface area contributed by atoms with Gasteiger partial charge in [-0.1, -0.05) is 13.3 Å². The number of alkyl halides is 3. The van der Waals surface area contributed by atoms with Gasteiger partial charge in [-0.25, -0.2) is 0 Å². The molecule has 0 atom stereocenters. The van der Waals surface area contributed by atoms with E-state index in [2.05, 4.69) is 11.6 Å². The Hall–Kier alpha value is -0.310. The molecule has 0 bridgehead atoms. The first kappa shape index (κ1) is 11.7. The fraction of sp³-hybridized carbons (Fsp3) is 0.750. The van der Waals surface area contributed by atoms with Gasteiger partial charge in [0.05, 0.1) is 12.9 Å². The summed E-state index contributed by atoms with van der Waals surface area (Å²) in [5.41, 5.74) is 0. The molecule has 72 valence electrons. The lowest BCUT2D eigenvalue weighted by molar-refractivity contribution is 0.0988. The van der Waals surface area contributed by atoms with Crippen LogP contribution in [0, 0.1) is 0 Å². The van der Waals surface area contributed by atoms with E-state index in [1.807, 2.05) is 6.92 Å². The van der Waals surface area contributed by atoms with E-state index >= 15 is 0 Å². The fourth-order valence-corrected chi connectivity index (χ4v) is 0.635. The fourth-order valence-electron chi connectivity index (χ4n) is 0.545. The molecule has 0 heterocycles. The van der Waals surface area contributed by atoms with Gasteiger partial charge in [0.25, 0.3) is 0 Å². The smallest absolute Gasteiger partial charge is 0.325 e. The molecule has 0 aliphatic heterocycles. The van der Waals surface area contributed by atoms with Crippen molar-refractivity contribution in [2.24, 2.45) is 0 Å². The Balaban J connectivity index is 3.26. The van der Waals surface area contributed by atoms with E-state index in [9.17, 15) is 8.78 Å². The van der Waals surface area contributed by atoms with Gasteiger partial charge < -0.3 is 4.74 Å². The molecule has 0 fully saturated rings. The molecule has 0 rings (SSSR count). The molecule has 0 saturated carbocycles. The molecule has 0 aliphatic carbocycles. The van der Waals surface area contributed by atoms with E-state index in [1.165, 1.54) is 12.3 Å². The van der Waals surface area contributed by atoms with Crippen LogP contribution in [0.5, 0.6) is 0 Å². The molecule has 4 heteroatoms. The molecule has 0 radical (unpaired) electrons. The average molecular weight is 199 g/mol. The van der Waals surface area contributed by atoms with Crippen molar-refractivity contribution in [2.75, 3.05) is 6.61 Å². The van der Waals surface area contributed by atoms with E-state index in [0.717, 1.165) is 12.8 Å². The second kappa shape index (κ2) is 6.23. The molecule has 12 heavy (non-hydrogen) atoms. The van der Waals surface area contributed by atoms with Crippen molar-refractivity contribution >= 4 is 11.6 Å². The maximum absolute atomic E-state index is 12.0. The van der Waals surface area contributed by atoms with Crippen LogP contribution in [0.25, 0.3) is 0 Å². The molecule has 0 aliphatic rings. The van der Waals surface area contributed by atoms with Gasteiger partial charge in [0.1, 0.15) is 0 Å². The first-order chi connectivity index (χ1) is 5.56. The minimum Gasteiger partial charge on any atom is -0.502 e. The first-order valence-electron chi connectivity index (χ1n) is 3.89. The van der Waals surface area contributed by atoms with Crippen molar-refractivity contribution in [3.8, 4) is 0 Å². The standard InChI is InChI=1S/C8H13ClF2O/c1-2-3-6-12-7-4-5-8(9,10)11/h4,7H,2-3,5-6H2,1H3. The quantitative estimate of drug-likeness (QED) is 0.360. The van der Waals surface area contributed by atoms with E-state index in [-0.39, 0.29) is 0 Å². The summed E-state index contributed by atoms with van der Waals surface area (Å²) in [6.45, 7) is 2.60. The highest BCUT2D eigenvalue weighted by atomic mass is 35.5. The number of ether oxygens (including phenoxy) is 1. The second-order valence-electron chi connectivity index (χ2n) is 2.42. The van der Waals surface area contributed by atoms with Crippen LogP contribution >= 0.6 is 11.6 Å². The number of unbranched alkanes of at least 4 members (excludes halogenated alkanes) is 1. The molecule has 0 unspecified atom stereocenters. The lowest BCUT2D eigenvalue weighted by atomic mass is 10.4. The highest BCUT2D eigenvalue weighted by Gasteiger charge is 2.21. The van der Waals surface area contributed by atoms with Crippen molar-refractivity contribution in [1.82, 2.24) is 0 Å². The van der Waals surface area contributed by atoms with Crippen molar-refractivity contribution in [2.45, 2.75) is 31.6 Å². The van der Waals surface area contributed by atoms with Gasteiger partial charge >= 0.3 is 5.38 Å². The molecule has 0 aromatic heterocycles. The van der Waals surface area contributed by atoms with Gasteiger partial charge in [0, 0.05) is 6.42 Å². The van der Waals surface area contributed by atoms with Crippen molar-refractivity contribution in [3.63, 3.8) is 0 Å². The van der Waals surface area contributed by atoms with Crippen LogP contribution < -0.4 is 0 Å². The summed E-state index contributed by atoms with van der Waals surface area (Å²) in [5, 5.41) is -3.15. The van der Waals surface area contributed by atoms with Crippen LogP contribution in [-0.2, 0) is 4.74 Å². The summed E-state index contributed by atoms with van der Waals surface area (Å²) >= 11 is 4.63. The molecule has 0 saturated heterocycles. The summed E-state index contributed by atoms with van der Waals surface area (Å²) < 4.78 is 28.8. The Bertz CT molecular complexity index is 132. The van der Waals surface area contributed by atoms with Gasteiger partial charge in [-0.05, 0) is 24.1 Å². The van der Waals surface area contributed by atoms with Gasteiger partial charge in [-0.3, -0.25) is 0 Å². The second-order valence-corrected chi connectivity index (χ2v) is 2.97. The minimum absolute atomic E-state index is 0.485. The Kier molecular flexibility index (Phi) is 6.07. The van der Waals surface area contributed by atoms with Crippen LogP contribution in [0.1, 0.15) is 26.2 Å². The lowest BCUT2D eigenvalue weighted by Crippen LogP contribution is -2.02. The van der Waals surface area contributed by atoms with Crippen LogP contribution in [0.15, 0.2) is 12.3 Å². The van der Waals surface area contributed by atoms with Gasteiger partial charge in [-0.2, -0.15) is 8.78 Å². The maximum Gasteiger partial charge on any atom is 0.325 e. The first-order valence-corrected chi connectivity index (χ1v) is 4.27. The summed E-state index contributed by atoms with van der Waals surface area (Å²) in [6.07, 6.45) is 3.97. The third kappa shape index (κ3) is 9.69. The number of allylic oxidation sites excluding steroid dienone is 1. The van der Waals surface area contributed by atoms with Crippen molar-refractivity contribution in [3.05, 3.63) is 12.3 Å². The molecule has 0 aromatic rings. The summed E-state index contributed by atoms with van der Waals surface area (Å²) in [7, 11) is 0. The number of hydrogen-bond acceptors (Lipinski definition) is 1. The highest BCUT2D eigenvalue weighted by Crippen LogP contribution is 2.23. The maximum atomic E-state index is 12.0. The molecule has 0 amide bonds. The van der Waals surface area contributed by atoms with Gasteiger partial charge in [-0.15, -0.1) is 0 Å². The van der Waals surface area contributed by atoms with E-state index in [1.54, 1.807) is 0 Å². The largest absolute Gasteiger partial charge is 0.502 e. The van der Waals surface area contributed by atoms with Gasteiger partial charge in [0.15, 0.2) is 0 Å². The molecular formula is C8H13ClF2O. The molecule has 0 N–H and O–H groups in total. The third-order valence-corrected chi connectivity index (χ3v) is 1.31. The van der Waals surface area contributed by atoms with E-state index < -0.39 is 11.8 Å². The summed E-state index contributed by atoms with van der Waals surface area (Å²) in [6, 6.07) is 0. The molecular weight excluding hydrogens is 186 g/mol. The van der Waals surface area contributed by atoms with Crippen LogP contribution in [-0.4, -0.2) is 12.0 Å². The van der Waals surface area contributed by atoms with Crippen LogP contribution in [0.3, 0.4) is 0 Å². The minimum atomic E-state index is -3.15. The SMILES string of the molecule is CCCCOC=CCC(F)(F)Cl. The van der Waals surface area contributed by atoms with E-state index in [4.69, 9.17) is 4.74 Å². The molecule has 1 nitrogen and oxygen atoms in total. The summed E-state index contributed by atoms with van der Waals surface area (Å²) in [4.78, 5) is 0. The highest BCUT2D eigenvalue weighted by molar-refractivity contribution is 6.21. The third-order valence-electron chi connectivity index (χ3n) is 1.16. The zero-order chi connectivity index (χ0) is 9.45. The predicted octanol–water partition coefficient (Wildman–Crippen LogP) is 3.54. The zero-order valence-corrected chi connectivity index (χ0v) is 7.78. The zero-order valence-electron chi connectivity index (χ0n) is 7.03. The topological polar surface area (TPSA) is 9.23 Å². The Morgan fingerprint density at radius 3 is 2.67 bits per heavy atom. The van der Waals surface area contributed by atoms with Crippen LogP contribution in [0.4, 0.5) is 8.78 Å². The normalized spacial score (nSPS) is 12.3. The Morgan fingerprint density at radius 1 is 1.50 bits per heavy atom. The predicted molar refractivity (Wildman–Crippen MR) is 45.4 cm³/mol. The molecule has 0 aromatic carbocycles. The average Bonchev–Trinajstić information content (AvgIpc) is 1.94. The van der Waals surface area contributed by atoms with Crippen LogP contribution in [0.2, 0.25) is 0 Å². The number of rotatable bonds is 6. The Labute approximate surface area is 76.4 Å². The van der Waals surface area contributed by atoms with Crippen molar-refractivity contribution < 1.29 is 13.5 Å². The lowest BCUT2D eigenvalue weighted by Gasteiger charge is -2.02. The number of hydrogen-bond donors (Lipinski definition) is 0. The number of halogens is 3. The monoisotopic (exact) mass is 198 g/mol. The summed E-state index contributed by atoms with van der Waals surface area (Å²) in [5.74, 6) is 0. The van der Waals surface area contributed by atoms with Crippen molar-refractivity contribution in [1.29, 1.82) is 0 Å².